The van der Waals surface area contributed by atoms with Gasteiger partial charge in [0.1, 0.15) is 17.1 Å². The molecule has 0 aliphatic rings. The predicted octanol–water partition coefficient (Wildman–Crippen LogP) is 2.93. The highest BCUT2D eigenvalue weighted by molar-refractivity contribution is 5.68. The van der Waals surface area contributed by atoms with Crippen LogP contribution in [0.2, 0.25) is 0 Å². The number of hydrogen-bond acceptors (Lipinski definition) is 3. The number of carbonyl (C=O) groups is 1. The molecule has 1 atom stereocenters. The zero-order valence-corrected chi connectivity index (χ0v) is 10.8. The van der Waals surface area contributed by atoms with E-state index in [1.807, 2.05) is 0 Å². The number of amides is 1. The van der Waals surface area contributed by atoms with E-state index in [2.05, 4.69) is 15.3 Å². The van der Waals surface area contributed by atoms with Crippen molar-refractivity contribution in [1.29, 1.82) is 0 Å². The molecule has 1 aromatic heterocycles. The molecule has 7 heteroatoms. The third kappa shape index (κ3) is 4.31. The van der Waals surface area contributed by atoms with Crippen molar-refractivity contribution in [1.82, 2.24) is 15.3 Å². The number of ether oxygens (including phenoxy) is 1. The van der Waals surface area contributed by atoms with Gasteiger partial charge in [-0.15, -0.1) is 0 Å². The molecule has 0 aliphatic carbocycles. The number of alkyl carbamates (subject to hydrolysis) is 1. The summed E-state index contributed by atoms with van der Waals surface area (Å²) in [7, 11) is 0. The Labute approximate surface area is 104 Å². The number of aromatic nitrogens is 2. The van der Waals surface area contributed by atoms with Gasteiger partial charge in [-0.1, -0.05) is 0 Å². The summed E-state index contributed by atoms with van der Waals surface area (Å²) in [5.74, 6) is 0.260. The Morgan fingerprint density at radius 3 is 2.56 bits per heavy atom. The first-order chi connectivity index (χ1) is 8.19. The molecular formula is C11H17F2N3O2. The van der Waals surface area contributed by atoms with E-state index >= 15 is 0 Å². The molecule has 1 heterocycles. The van der Waals surface area contributed by atoms with Crippen molar-refractivity contribution in [2.24, 2.45) is 0 Å². The largest absolute Gasteiger partial charge is 0.444 e. The third-order valence-corrected chi connectivity index (χ3v) is 1.99. The third-order valence-electron chi connectivity index (χ3n) is 1.99. The molecule has 0 spiro atoms. The fourth-order valence-electron chi connectivity index (χ4n) is 1.24. The van der Waals surface area contributed by atoms with Crippen LogP contribution < -0.4 is 5.32 Å². The Balaban J connectivity index is 2.59. The number of imidazole rings is 1. The molecule has 1 amide bonds. The standard InChI is InChI=1S/C11H17F2N3O2/c1-6(15-10(17)18-11(2,3)4)9-14-5-7(16-9)8(12)13/h5-6,8H,1-4H3,(H,14,16)(H,15,17). The van der Waals surface area contributed by atoms with Gasteiger partial charge < -0.3 is 15.0 Å². The molecule has 0 radical (unpaired) electrons. The first-order valence-corrected chi connectivity index (χ1v) is 5.51. The van der Waals surface area contributed by atoms with Crippen molar-refractivity contribution in [3.05, 3.63) is 17.7 Å². The summed E-state index contributed by atoms with van der Waals surface area (Å²) in [5, 5.41) is 2.51. The minimum absolute atomic E-state index is 0.260. The zero-order chi connectivity index (χ0) is 13.9. The second-order valence-corrected chi connectivity index (χ2v) is 4.89. The van der Waals surface area contributed by atoms with Crippen molar-refractivity contribution in [2.45, 2.75) is 45.8 Å². The average molecular weight is 261 g/mol. The van der Waals surface area contributed by atoms with E-state index in [1.165, 1.54) is 0 Å². The van der Waals surface area contributed by atoms with Crippen LogP contribution in [0.3, 0.4) is 0 Å². The minimum Gasteiger partial charge on any atom is -0.444 e. The zero-order valence-electron chi connectivity index (χ0n) is 10.8. The second-order valence-electron chi connectivity index (χ2n) is 4.89. The molecule has 0 fully saturated rings. The highest BCUT2D eigenvalue weighted by Crippen LogP contribution is 2.18. The van der Waals surface area contributed by atoms with Crippen molar-refractivity contribution < 1.29 is 18.3 Å². The average Bonchev–Trinajstić information content (AvgIpc) is 2.62. The number of aromatic amines is 1. The lowest BCUT2D eigenvalue weighted by Gasteiger charge is -2.21. The Morgan fingerprint density at radius 1 is 1.50 bits per heavy atom. The lowest BCUT2D eigenvalue weighted by atomic mass is 10.2. The van der Waals surface area contributed by atoms with Gasteiger partial charge in [-0.05, 0) is 27.7 Å². The molecule has 0 saturated carbocycles. The van der Waals surface area contributed by atoms with Gasteiger partial charge >= 0.3 is 6.09 Å². The van der Waals surface area contributed by atoms with Crippen LogP contribution in [0.15, 0.2) is 6.20 Å². The first kappa shape index (κ1) is 14.4. The molecule has 102 valence electrons. The predicted molar refractivity (Wildman–Crippen MR) is 61.3 cm³/mol. The van der Waals surface area contributed by atoms with Gasteiger partial charge in [-0.25, -0.2) is 18.6 Å². The van der Waals surface area contributed by atoms with Crippen molar-refractivity contribution >= 4 is 6.09 Å². The van der Waals surface area contributed by atoms with Crippen molar-refractivity contribution in [2.75, 3.05) is 0 Å². The molecule has 0 saturated heterocycles. The van der Waals surface area contributed by atoms with Gasteiger partial charge in [0.05, 0.1) is 12.2 Å². The molecule has 1 unspecified atom stereocenters. The number of rotatable bonds is 3. The number of alkyl halides is 2. The fourth-order valence-corrected chi connectivity index (χ4v) is 1.24. The first-order valence-electron chi connectivity index (χ1n) is 5.51. The second kappa shape index (κ2) is 5.32. The van der Waals surface area contributed by atoms with Gasteiger partial charge in [-0.2, -0.15) is 0 Å². The summed E-state index contributed by atoms with van der Waals surface area (Å²) in [6.45, 7) is 6.83. The fraction of sp³-hybridized carbons (Fsp3) is 0.636. The molecule has 0 bridgehead atoms. The summed E-state index contributed by atoms with van der Waals surface area (Å²) in [6.07, 6.45) is -2.18. The maximum absolute atomic E-state index is 12.3. The molecule has 2 N–H and O–H groups in total. The smallest absolute Gasteiger partial charge is 0.408 e. The van der Waals surface area contributed by atoms with Crippen molar-refractivity contribution in [3.8, 4) is 0 Å². The van der Waals surface area contributed by atoms with Crippen LogP contribution in [-0.4, -0.2) is 21.7 Å². The monoisotopic (exact) mass is 261 g/mol. The van der Waals surface area contributed by atoms with Gasteiger partial charge in [-0.3, -0.25) is 0 Å². The number of carbonyl (C=O) groups excluding carboxylic acids is 1. The molecule has 0 aromatic carbocycles. The van der Waals surface area contributed by atoms with E-state index in [0.717, 1.165) is 6.20 Å². The minimum atomic E-state index is -2.61. The summed E-state index contributed by atoms with van der Waals surface area (Å²) in [5.41, 5.74) is -0.885. The Morgan fingerprint density at radius 2 is 2.11 bits per heavy atom. The normalized spacial score (nSPS) is 13.5. The van der Waals surface area contributed by atoms with E-state index in [0.29, 0.717) is 0 Å². The number of hydrogen-bond donors (Lipinski definition) is 2. The van der Waals surface area contributed by atoms with E-state index in [9.17, 15) is 13.6 Å². The van der Waals surface area contributed by atoms with Gasteiger partial charge in [0, 0.05) is 0 Å². The summed E-state index contributed by atoms with van der Waals surface area (Å²) in [4.78, 5) is 17.7. The number of halogens is 2. The number of H-pyrrole nitrogens is 1. The lowest BCUT2D eigenvalue weighted by molar-refractivity contribution is 0.0506. The summed E-state index contributed by atoms with van der Waals surface area (Å²) in [6, 6.07) is -0.535. The van der Waals surface area contributed by atoms with E-state index < -0.39 is 24.2 Å². The van der Waals surface area contributed by atoms with Crippen LogP contribution in [0.1, 0.15) is 51.7 Å². The number of nitrogens with zero attached hydrogens (tertiary/aromatic N) is 1. The van der Waals surface area contributed by atoms with Gasteiger partial charge in [0.25, 0.3) is 6.43 Å². The molecule has 18 heavy (non-hydrogen) atoms. The Kier molecular flexibility index (Phi) is 4.26. The van der Waals surface area contributed by atoms with Crippen LogP contribution in [0.4, 0.5) is 13.6 Å². The molecule has 1 aromatic rings. The number of nitrogens with one attached hydrogen (secondary N) is 2. The maximum atomic E-state index is 12.3. The molecule has 0 aliphatic heterocycles. The van der Waals surface area contributed by atoms with Gasteiger partial charge in [0.2, 0.25) is 0 Å². The topological polar surface area (TPSA) is 67.0 Å². The van der Waals surface area contributed by atoms with E-state index in [-0.39, 0.29) is 11.5 Å². The van der Waals surface area contributed by atoms with Crippen molar-refractivity contribution in [3.63, 3.8) is 0 Å². The van der Waals surface area contributed by atoms with Crippen LogP contribution in [0.25, 0.3) is 0 Å². The Hall–Kier alpha value is -1.66. The quantitative estimate of drug-likeness (QED) is 0.879. The Bertz CT molecular complexity index is 413. The van der Waals surface area contributed by atoms with Crippen LogP contribution in [0.5, 0.6) is 0 Å². The van der Waals surface area contributed by atoms with E-state index in [4.69, 9.17) is 4.74 Å². The lowest BCUT2D eigenvalue weighted by Crippen LogP contribution is -2.34. The highest BCUT2D eigenvalue weighted by Gasteiger charge is 2.20. The van der Waals surface area contributed by atoms with Crippen LogP contribution in [0, 0.1) is 0 Å². The molecular weight excluding hydrogens is 244 g/mol. The van der Waals surface area contributed by atoms with Crippen LogP contribution in [-0.2, 0) is 4.74 Å². The van der Waals surface area contributed by atoms with Crippen LogP contribution >= 0.6 is 0 Å². The SMILES string of the molecule is CC(NC(=O)OC(C)(C)C)c1ncc(C(F)F)[nH]1. The highest BCUT2D eigenvalue weighted by atomic mass is 19.3. The van der Waals surface area contributed by atoms with Gasteiger partial charge in [0.15, 0.2) is 0 Å². The summed E-state index contributed by atoms with van der Waals surface area (Å²) >= 11 is 0. The van der Waals surface area contributed by atoms with E-state index in [1.54, 1.807) is 27.7 Å². The molecule has 1 rings (SSSR count). The molecule has 5 nitrogen and oxygen atoms in total. The maximum Gasteiger partial charge on any atom is 0.408 e. The summed E-state index contributed by atoms with van der Waals surface area (Å²) < 4.78 is 29.7.